The number of hydrogen-bond acceptors (Lipinski definition) is 2. The molecule has 2 heterocycles. The minimum atomic E-state index is 0.718. The Morgan fingerprint density at radius 1 is 1.14 bits per heavy atom. The first-order valence-corrected chi connectivity index (χ1v) is 6.12. The third-order valence-electron chi connectivity index (χ3n) is 3.90. The molecule has 2 aliphatic rings. The topological polar surface area (TPSA) is 6.48 Å². The third kappa shape index (κ3) is 1.70. The molecule has 2 heteroatoms. The molecule has 2 fully saturated rings. The van der Waals surface area contributed by atoms with Gasteiger partial charge in [-0.15, -0.1) is 0 Å². The van der Waals surface area contributed by atoms with Gasteiger partial charge in [0.05, 0.1) is 0 Å². The summed E-state index contributed by atoms with van der Waals surface area (Å²) < 4.78 is 0. The minimum Gasteiger partial charge on any atom is -0.305 e. The predicted octanol–water partition coefficient (Wildman–Crippen LogP) is 1.81. The van der Waals surface area contributed by atoms with E-state index in [-0.39, 0.29) is 0 Å². The van der Waals surface area contributed by atoms with Gasteiger partial charge < -0.3 is 4.90 Å². The summed E-state index contributed by atoms with van der Waals surface area (Å²) in [7, 11) is 2.23. The first-order chi connectivity index (χ1) is 6.69. The van der Waals surface area contributed by atoms with Crippen molar-refractivity contribution >= 4 is 0 Å². The zero-order valence-corrected chi connectivity index (χ0v) is 9.92. The van der Waals surface area contributed by atoms with Gasteiger partial charge in [-0.3, -0.25) is 4.90 Å². The number of likely N-dealkylation sites (tertiary alicyclic amines) is 2. The van der Waals surface area contributed by atoms with E-state index >= 15 is 0 Å². The first-order valence-electron chi connectivity index (χ1n) is 6.12. The molecule has 82 valence electrons. The van der Waals surface area contributed by atoms with Gasteiger partial charge in [-0.1, -0.05) is 20.3 Å². The Labute approximate surface area is 88.3 Å². The van der Waals surface area contributed by atoms with Crippen molar-refractivity contribution in [1.29, 1.82) is 0 Å². The monoisotopic (exact) mass is 196 g/mol. The molecule has 0 aliphatic carbocycles. The molecular weight excluding hydrogens is 172 g/mol. The lowest BCUT2D eigenvalue weighted by Crippen LogP contribution is -2.72. The Balaban J connectivity index is 1.75. The fourth-order valence-electron chi connectivity index (χ4n) is 3.35. The van der Waals surface area contributed by atoms with Gasteiger partial charge in [0.2, 0.25) is 0 Å². The van der Waals surface area contributed by atoms with Crippen molar-refractivity contribution in [3.05, 3.63) is 0 Å². The fourth-order valence-corrected chi connectivity index (χ4v) is 3.35. The highest BCUT2D eigenvalue weighted by molar-refractivity contribution is 5.05. The largest absolute Gasteiger partial charge is 0.305 e. The summed E-state index contributed by atoms with van der Waals surface area (Å²) in [6, 6.07) is 0.872. The van der Waals surface area contributed by atoms with Crippen molar-refractivity contribution in [3.63, 3.8) is 0 Å². The maximum absolute atomic E-state index is 2.70. The Morgan fingerprint density at radius 2 is 1.79 bits per heavy atom. The highest BCUT2D eigenvalue weighted by Crippen LogP contribution is 2.40. The maximum Gasteiger partial charge on any atom is 0.0212 e. The first kappa shape index (κ1) is 10.4. The molecule has 14 heavy (non-hydrogen) atoms. The molecule has 1 unspecified atom stereocenters. The van der Waals surface area contributed by atoms with Crippen LogP contribution in [0.3, 0.4) is 0 Å². The van der Waals surface area contributed by atoms with Crippen LogP contribution in [0.2, 0.25) is 0 Å². The fraction of sp³-hybridized carbons (Fsp3) is 1.00. The minimum absolute atomic E-state index is 0.718. The summed E-state index contributed by atoms with van der Waals surface area (Å²) >= 11 is 0. The molecule has 1 atom stereocenters. The second-order valence-electron chi connectivity index (χ2n) is 5.43. The van der Waals surface area contributed by atoms with Crippen LogP contribution in [-0.4, -0.2) is 49.1 Å². The smallest absolute Gasteiger partial charge is 0.0212 e. The SMILES string of the molecule is CCCC(CC)N1CC2(CN(C)C2)C1. The van der Waals surface area contributed by atoms with E-state index in [0.29, 0.717) is 0 Å². The van der Waals surface area contributed by atoms with Crippen molar-refractivity contribution in [2.24, 2.45) is 5.41 Å². The maximum atomic E-state index is 2.70. The van der Waals surface area contributed by atoms with Crippen LogP contribution in [0, 0.1) is 5.41 Å². The summed E-state index contributed by atoms with van der Waals surface area (Å²) in [6.07, 6.45) is 4.06. The number of nitrogens with zero attached hydrogens (tertiary/aromatic N) is 2. The molecule has 0 aromatic heterocycles. The molecular formula is C12H24N2. The van der Waals surface area contributed by atoms with Crippen LogP contribution in [0.25, 0.3) is 0 Å². The van der Waals surface area contributed by atoms with Crippen LogP contribution in [0.4, 0.5) is 0 Å². The normalized spacial score (nSPS) is 28.5. The van der Waals surface area contributed by atoms with E-state index in [2.05, 4.69) is 30.7 Å². The van der Waals surface area contributed by atoms with Gasteiger partial charge in [0.1, 0.15) is 0 Å². The lowest BCUT2D eigenvalue weighted by atomic mass is 9.72. The third-order valence-corrected chi connectivity index (χ3v) is 3.90. The molecule has 0 aromatic rings. The van der Waals surface area contributed by atoms with Crippen LogP contribution >= 0.6 is 0 Å². The van der Waals surface area contributed by atoms with E-state index in [1.165, 1.54) is 45.4 Å². The molecule has 0 bridgehead atoms. The van der Waals surface area contributed by atoms with E-state index in [4.69, 9.17) is 0 Å². The predicted molar refractivity (Wildman–Crippen MR) is 60.5 cm³/mol. The van der Waals surface area contributed by atoms with Crippen LogP contribution in [0.1, 0.15) is 33.1 Å². The molecule has 0 saturated carbocycles. The molecule has 2 nitrogen and oxygen atoms in total. The van der Waals surface area contributed by atoms with Gasteiger partial charge in [-0.2, -0.15) is 0 Å². The molecule has 0 radical (unpaired) electrons. The summed E-state index contributed by atoms with van der Waals surface area (Å²) in [6.45, 7) is 10.1. The zero-order chi connectivity index (χ0) is 10.2. The standard InChI is InChI=1S/C12H24N2/c1-4-6-11(5-2)14-9-12(10-14)7-13(3)8-12/h11H,4-10H2,1-3H3. The van der Waals surface area contributed by atoms with Crippen LogP contribution < -0.4 is 0 Å². The van der Waals surface area contributed by atoms with Crippen LogP contribution in [0.5, 0.6) is 0 Å². The van der Waals surface area contributed by atoms with E-state index in [1.807, 2.05) is 0 Å². The average molecular weight is 196 g/mol. The molecule has 2 aliphatic heterocycles. The Kier molecular flexibility index (Phi) is 2.85. The highest BCUT2D eigenvalue weighted by atomic mass is 15.3. The Hall–Kier alpha value is -0.0800. The van der Waals surface area contributed by atoms with E-state index < -0.39 is 0 Å². The quantitative estimate of drug-likeness (QED) is 0.676. The van der Waals surface area contributed by atoms with Gasteiger partial charge in [0, 0.05) is 37.6 Å². The van der Waals surface area contributed by atoms with Gasteiger partial charge in [-0.25, -0.2) is 0 Å². The van der Waals surface area contributed by atoms with E-state index in [0.717, 1.165) is 11.5 Å². The second-order valence-corrected chi connectivity index (χ2v) is 5.43. The number of rotatable bonds is 4. The van der Waals surface area contributed by atoms with Gasteiger partial charge in [0.15, 0.2) is 0 Å². The summed E-state index contributed by atoms with van der Waals surface area (Å²) in [5, 5.41) is 0. The lowest BCUT2D eigenvalue weighted by molar-refractivity contribution is -0.122. The van der Waals surface area contributed by atoms with Gasteiger partial charge in [-0.05, 0) is 19.9 Å². The average Bonchev–Trinajstić information content (AvgIpc) is 2.05. The number of hydrogen-bond donors (Lipinski definition) is 0. The second kappa shape index (κ2) is 3.82. The molecule has 0 N–H and O–H groups in total. The Bertz CT molecular complexity index is 188. The van der Waals surface area contributed by atoms with Gasteiger partial charge >= 0.3 is 0 Å². The highest BCUT2D eigenvalue weighted by Gasteiger charge is 2.51. The summed E-state index contributed by atoms with van der Waals surface area (Å²) in [4.78, 5) is 5.15. The van der Waals surface area contributed by atoms with Crippen molar-refractivity contribution in [3.8, 4) is 0 Å². The Morgan fingerprint density at radius 3 is 2.21 bits per heavy atom. The van der Waals surface area contributed by atoms with Crippen molar-refractivity contribution in [2.45, 2.75) is 39.2 Å². The lowest BCUT2D eigenvalue weighted by Gasteiger charge is -2.61. The van der Waals surface area contributed by atoms with E-state index in [1.54, 1.807) is 0 Å². The van der Waals surface area contributed by atoms with Crippen molar-refractivity contribution in [1.82, 2.24) is 9.80 Å². The summed E-state index contributed by atoms with van der Waals surface area (Å²) in [5.41, 5.74) is 0.718. The molecule has 1 spiro atoms. The van der Waals surface area contributed by atoms with Gasteiger partial charge in [0.25, 0.3) is 0 Å². The molecule has 2 rings (SSSR count). The van der Waals surface area contributed by atoms with Crippen molar-refractivity contribution < 1.29 is 0 Å². The molecule has 2 saturated heterocycles. The molecule has 0 amide bonds. The molecule has 0 aromatic carbocycles. The van der Waals surface area contributed by atoms with Crippen molar-refractivity contribution in [2.75, 3.05) is 33.2 Å². The van der Waals surface area contributed by atoms with E-state index in [9.17, 15) is 0 Å². The van der Waals surface area contributed by atoms with Crippen LogP contribution in [-0.2, 0) is 0 Å². The van der Waals surface area contributed by atoms with Crippen LogP contribution in [0.15, 0.2) is 0 Å². The zero-order valence-electron chi connectivity index (χ0n) is 9.92. The summed E-state index contributed by atoms with van der Waals surface area (Å²) in [5.74, 6) is 0.